The third-order valence-electron chi connectivity index (χ3n) is 3.86. The van der Waals surface area contributed by atoms with E-state index in [9.17, 15) is 5.11 Å². The lowest BCUT2D eigenvalue weighted by molar-refractivity contribution is -0.120. The van der Waals surface area contributed by atoms with Crippen LogP contribution in [0.4, 0.5) is 0 Å². The predicted molar refractivity (Wildman–Crippen MR) is 54.9 cm³/mol. The summed E-state index contributed by atoms with van der Waals surface area (Å²) in [5, 5.41) is 10.2. The van der Waals surface area contributed by atoms with Crippen molar-refractivity contribution < 1.29 is 9.84 Å². The molecule has 1 saturated heterocycles. The smallest absolute Gasteiger partial charge is 0.0870 e. The van der Waals surface area contributed by atoms with Gasteiger partial charge in [0.1, 0.15) is 0 Å². The maximum atomic E-state index is 10.2. The quantitative estimate of drug-likeness (QED) is 0.710. The molecule has 1 heterocycles. The molecule has 0 amide bonds. The fraction of sp³-hybridized carbons (Fsp3) is 1.00. The summed E-state index contributed by atoms with van der Waals surface area (Å²) in [6.45, 7) is 3.62. The molecule has 82 valence electrons. The van der Waals surface area contributed by atoms with Crippen molar-refractivity contribution in [1.29, 1.82) is 0 Å². The number of hydrogen-bond donors (Lipinski definition) is 2. The molecule has 1 saturated carbocycles. The van der Waals surface area contributed by atoms with Gasteiger partial charge in [0.05, 0.1) is 12.2 Å². The second-order valence-corrected chi connectivity index (χ2v) is 5.08. The second kappa shape index (κ2) is 3.80. The Bertz CT molecular complexity index is 195. The Kier molecular flexibility index (Phi) is 2.82. The molecular weight excluding hydrogens is 178 g/mol. The first-order chi connectivity index (χ1) is 6.68. The van der Waals surface area contributed by atoms with Crippen molar-refractivity contribution >= 4 is 0 Å². The Morgan fingerprint density at radius 1 is 1.57 bits per heavy atom. The van der Waals surface area contributed by atoms with E-state index in [1.807, 2.05) is 0 Å². The molecule has 1 aliphatic heterocycles. The van der Waals surface area contributed by atoms with Crippen molar-refractivity contribution in [2.24, 2.45) is 17.1 Å². The molecule has 0 aromatic heterocycles. The summed E-state index contributed by atoms with van der Waals surface area (Å²) in [4.78, 5) is 0. The standard InChI is InChI=1S/C11H21NO2/c1-8-5-11(6-8,7-12)10(13)9-3-2-4-14-9/h8-10,13H,2-7,12H2,1H3/t8?,9-,10-,11?/m1/s1. The van der Waals surface area contributed by atoms with Crippen LogP contribution in [0.5, 0.6) is 0 Å². The maximum absolute atomic E-state index is 10.2. The van der Waals surface area contributed by atoms with Gasteiger partial charge in [-0.1, -0.05) is 6.92 Å². The summed E-state index contributed by atoms with van der Waals surface area (Å²) >= 11 is 0. The normalized spacial score (nSPS) is 44.8. The van der Waals surface area contributed by atoms with Gasteiger partial charge in [-0.15, -0.1) is 0 Å². The maximum Gasteiger partial charge on any atom is 0.0870 e. The van der Waals surface area contributed by atoms with Gasteiger partial charge in [0.25, 0.3) is 0 Å². The van der Waals surface area contributed by atoms with Gasteiger partial charge in [-0.05, 0) is 31.6 Å². The summed E-state index contributed by atoms with van der Waals surface area (Å²) < 4.78 is 5.53. The molecule has 3 N–H and O–H groups in total. The first-order valence-electron chi connectivity index (χ1n) is 5.68. The minimum atomic E-state index is -0.341. The topological polar surface area (TPSA) is 55.5 Å². The summed E-state index contributed by atoms with van der Waals surface area (Å²) in [5.41, 5.74) is 5.75. The van der Waals surface area contributed by atoms with Crippen molar-refractivity contribution in [3.63, 3.8) is 0 Å². The Morgan fingerprint density at radius 2 is 2.29 bits per heavy atom. The molecule has 0 spiro atoms. The number of hydrogen-bond acceptors (Lipinski definition) is 3. The van der Waals surface area contributed by atoms with Crippen molar-refractivity contribution in [2.75, 3.05) is 13.2 Å². The van der Waals surface area contributed by atoms with E-state index in [-0.39, 0.29) is 17.6 Å². The Labute approximate surface area is 85.6 Å². The van der Waals surface area contributed by atoms with Crippen LogP contribution in [0.1, 0.15) is 32.6 Å². The van der Waals surface area contributed by atoms with Gasteiger partial charge in [-0.25, -0.2) is 0 Å². The van der Waals surface area contributed by atoms with E-state index >= 15 is 0 Å². The Balaban J connectivity index is 1.97. The minimum Gasteiger partial charge on any atom is -0.390 e. The highest BCUT2D eigenvalue weighted by molar-refractivity contribution is 5.01. The van der Waals surface area contributed by atoms with Crippen molar-refractivity contribution in [3.05, 3.63) is 0 Å². The van der Waals surface area contributed by atoms with Crippen LogP contribution in [-0.2, 0) is 4.74 Å². The van der Waals surface area contributed by atoms with Crippen molar-refractivity contribution in [1.82, 2.24) is 0 Å². The molecule has 3 nitrogen and oxygen atoms in total. The number of aliphatic hydroxyl groups is 1. The van der Waals surface area contributed by atoms with Crippen LogP contribution in [-0.4, -0.2) is 30.5 Å². The zero-order valence-electron chi connectivity index (χ0n) is 8.91. The van der Waals surface area contributed by atoms with Crippen LogP contribution >= 0.6 is 0 Å². The van der Waals surface area contributed by atoms with Crippen LogP contribution in [0.2, 0.25) is 0 Å². The van der Waals surface area contributed by atoms with E-state index in [0.717, 1.165) is 38.2 Å². The highest BCUT2D eigenvalue weighted by atomic mass is 16.5. The molecule has 0 aromatic carbocycles. The average Bonchev–Trinajstić information content (AvgIpc) is 2.64. The van der Waals surface area contributed by atoms with E-state index in [0.29, 0.717) is 6.54 Å². The lowest BCUT2D eigenvalue weighted by Crippen LogP contribution is -2.54. The highest BCUT2D eigenvalue weighted by Crippen LogP contribution is 2.49. The highest BCUT2D eigenvalue weighted by Gasteiger charge is 2.49. The number of ether oxygens (including phenoxy) is 1. The summed E-state index contributed by atoms with van der Waals surface area (Å²) in [5.74, 6) is 0.717. The van der Waals surface area contributed by atoms with Gasteiger partial charge >= 0.3 is 0 Å². The van der Waals surface area contributed by atoms with E-state index in [4.69, 9.17) is 10.5 Å². The van der Waals surface area contributed by atoms with Crippen LogP contribution in [0, 0.1) is 11.3 Å². The second-order valence-electron chi connectivity index (χ2n) is 5.08. The van der Waals surface area contributed by atoms with Gasteiger partial charge < -0.3 is 15.6 Å². The number of aliphatic hydroxyl groups excluding tert-OH is 1. The van der Waals surface area contributed by atoms with Crippen LogP contribution < -0.4 is 5.73 Å². The molecule has 14 heavy (non-hydrogen) atoms. The van der Waals surface area contributed by atoms with Crippen LogP contribution in [0.3, 0.4) is 0 Å². The van der Waals surface area contributed by atoms with E-state index in [2.05, 4.69) is 6.92 Å². The van der Waals surface area contributed by atoms with Crippen LogP contribution in [0.15, 0.2) is 0 Å². The zero-order chi connectivity index (χ0) is 10.2. The van der Waals surface area contributed by atoms with Gasteiger partial charge in [0.2, 0.25) is 0 Å². The first kappa shape index (κ1) is 10.4. The van der Waals surface area contributed by atoms with E-state index in [1.165, 1.54) is 0 Å². The third kappa shape index (κ3) is 1.58. The lowest BCUT2D eigenvalue weighted by Gasteiger charge is -2.50. The molecule has 2 rings (SSSR count). The molecular formula is C11H21NO2. The van der Waals surface area contributed by atoms with Crippen LogP contribution in [0.25, 0.3) is 0 Å². The monoisotopic (exact) mass is 199 g/mol. The molecule has 0 bridgehead atoms. The van der Waals surface area contributed by atoms with E-state index in [1.54, 1.807) is 0 Å². The fourth-order valence-electron chi connectivity index (χ4n) is 3.10. The largest absolute Gasteiger partial charge is 0.390 e. The molecule has 0 radical (unpaired) electrons. The lowest BCUT2D eigenvalue weighted by atomic mass is 9.58. The summed E-state index contributed by atoms with van der Waals surface area (Å²) in [7, 11) is 0. The summed E-state index contributed by atoms with van der Waals surface area (Å²) in [6.07, 6.45) is 3.90. The minimum absolute atomic E-state index is 0.0333. The molecule has 2 aliphatic rings. The molecule has 2 fully saturated rings. The first-order valence-corrected chi connectivity index (χ1v) is 5.68. The van der Waals surface area contributed by atoms with Gasteiger partial charge in [-0.3, -0.25) is 0 Å². The fourth-order valence-corrected chi connectivity index (χ4v) is 3.10. The average molecular weight is 199 g/mol. The molecule has 3 heteroatoms. The Morgan fingerprint density at radius 3 is 2.71 bits per heavy atom. The van der Waals surface area contributed by atoms with Gasteiger partial charge in [-0.2, -0.15) is 0 Å². The molecule has 2 atom stereocenters. The van der Waals surface area contributed by atoms with E-state index < -0.39 is 0 Å². The SMILES string of the molecule is CC1CC(CN)([C@H](O)[C@H]2CCCO2)C1. The van der Waals surface area contributed by atoms with Gasteiger partial charge in [0, 0.05) is 18.6 Å². The van der Waals surface area contributed by atoms with Crippen molar-refractivity contribution in [2.45, 2.75) is 44.8 Å². The molecule has 1 aliphatic carbocycles. The predicted octanol–water partition coefficient (Wildman–Crippen LogP) is 0.901. The molecule has 0 aromatic rings. The van der Waals surface area contributed by atoms with Gasteiger partial charge in [0.15, 0.2) is 0 Å². The third-order valence-corrected chi connectivity index (χ3v) is 3.86. The number of nitrogens with two attached hydrogens (primary N) is 1. The zero-order valence-corrected chi connectivity index (χ0v) is 8.91. The van der Waals surface area contributed by atoms with Crippen molar-refractivity contribution in [3.8, 4) is 0 Å². The Hall–Kier alpha value is -0.120. The molecule has 0 unspecified atom stereocenters. The number of rotatable bonds is 3. The summed E-state index contributed by atoms with van der Waals surface area (Å²) in [6, 6.07) is 0.